The molecule has 1 saturated heterocycles. The summed E-state index contributed by atoms with van der Waals surface area (Å²) in [6.45, 7) is 2.53. The Balaban J connectivity index is 0.00000225. The molecule has 1 atom stereocenters. The summed E-state index contributed by atoms with van der Waals surface area (Å²) in [6, 6.07) is 6.81. The highest BCUT2D eigenvalue weighted by molar-refractivity contribution is 14.0. The minimum atomic E-state index is -0.180. The molecule has 1 aliphatic heterocycles. The van der Waals surface area contributed by atoms with Gasteiger partial charge in [0.1, 0.15) is 12.1 Å². The van der Waals surface area contributed by atoms with Crippen LogP contribution in [-0.2, 0) is 20.0 Å². The van der Waals surface area contributed by atoms with E-state index in [0.29, 0.717) is 12.5 Å². The van der Waals surface area contributed by atoms with Crippen LogP contribution in [0, 0.1) is 11.7 Å². The molecule has 1 aliphatic rings. The first-order chi connectivity index (χ1) is 11.7. The molecule has 0 amide bonds. The minimum absolute atomic E-state index is 0. The van der Waals surface area contributed by atoms with Gasteiger partial charge in [0.05, 0.1) is 6.54 Å². The van der Waals surface area contributed by atoms with E-state index in [1.165, 1.54) is 17.7 Å². The third-order valence-electron chi connectivity index (χ3n) is 4.44. The molecule has 6 nitrogen and oxygen atoms in total. The lowest BCUT2D eigenvalue weighted by molar-refractivity contribution is 0.458. The standard InChI is InChI=1S/C17H23FN6.HI/c1-19-17(20-10-16-22-21-12-23(16)2)24-8-7-14(11-24)9-13-3-5-15(18)6-4-13;/h3-6,12,14H,7-11H2,1-2H3,(H,19,20);1H. The van der Waals surface area contributed by atoms with Gasteiger partial charge in [0.15, 0.2) is 11.8 Å². The summed E-state index contributed by atoms with van der Waals surface area (Å²) in [4.78, 5) is 6.65. The quantitative estimate of drug-likeness (QED) is 0.434. The first kappa shape index (κ1) is 19.6. The maximum atomic E-state index is 13.0. The lowest BCUT2D eigenvalue weighted by Crippen LogP contribution is -2.40. The largest absolute Gasteiger partial charge is 0.349 e. The van der Waals surface area contributed by atoms with E-state index < -0.39 is 0 Å². The van der Waals surface area contributed by atoms with Crippen LogP contribution in [0.3, 0.4) is 0 Å². The summed E-state index contributed by atoms with van der Waals surface area (Å²) < 4.78 is 14.9. The van der Waals surface area contributed by atoms with Gasteiger partial charge in [-0.3, -0.25) is 4.99 Å². The number of hydrogen-bond acceptors (Lipinski definition) is 3. The zero-order valence-corrected chi connectivity index (χ0v) is 16.9. The molecule has 0 saturated carbocycles. The molecule has 1 aromatic heterocycles. The van der Waals surface area contributed by atoms with Crippen molar-refractivity contribution >= 4 is 29.9 Å². The number of benzene rings is 1. The molecule has 0 spiro atoms. The van der Waals surface area contributed by atoms with E-state index in [2.05, 4.69) is 25.4 Å². The number of likely N-dealkylation sites (tertiary alicyclic amines) is 1. The van der Waals surface area contributed by atoms with Crippen molar-refractivity contribution in [2.75, 3.05) is 20.1 Å². The van der Waals surface area contributed by atoms with E-state index >= 15 is 0 Å². The van der Waals surface area contributed by atoms with Crippen molar-refractivity contribution in [3.05, 3.63) is 47.8 Å². The Bertz CT molecular complexity index is 699. The first-order valence-electron chi connectivity index (χ1n) is 8.18. The summed E-state index contributed by atoms with van der Waals surface area (Å²) in [5.41, 5.74) is 1.19. The topological polar surface area (TPSA) is 58.3 Å². The second kappa shape index (κ2) is 9.12. The van der Waals surface area contributed by atoms with Crippen molar-refractivity contribution in [1.82, 2.24) is 25.0 Å². The van der Waals surface area contributed by atoms with Crippen molar-refractivity contribution in [2.45, 2.75) is 19.4 Å². The maximum absolute atomic E-state index is 13.0. The predicted octanol–water partition coefficient (Wildman–Crippen LogP) is 2.21. The average molecular weight is 458 g/mol. The lowest BCUT2D eigenvalue weighted by atomic mass is 9.99. The Hall–Kier alpha value is -1.71. The first-order valence-corrected chi connectivity index (χ1v) is 8.18. The summed E-state index contributed by atoms with van der Waals surface area (Å²) in [7, 11) is 3.72. The van der Waals surface area contributed by atoms with Gasteiger partial charge in [-0.2, -0.15) is 0 Å². The number of hydrogen-bond donors (Lipinski definition) is 1. The van der Waals surface area contributed by atoms with Crippen LogP contribution >= 0.6 is 24.0 Å². The fraction of sp³-hybridized carbons (Fsp3) is 0.471. The molecule has 2 heterocycles. The predicted molar refractivity (Wildman–Crippen MR) is 106 cm³/mol. The van der Waals surface area contributed by atoms with Crippen molar-refractivity contribution in [3.8, 4) is 0 Å². The summed E-state index contributed by atoms with van der Waals surface area (Å²) in [5, 5.41) is 11.3. The van der Waals surface area contributed by atoms with E-state index in [4.69, 9.17) is 0 Å². The molecule has 1 N–H and O–H groups in total. The molecule has 25 heavy (non-hydrogen) atoms. The van der Waals surface area contributed by atoms with E-state index in [9.17, 15) is 4.39 Å². The number of aliphatic imine (C=N–C) groups is 1. The normalized spacial score (nSPS) is 17.5. The molecule has 1 unspecified atom stereocenters. The Morgan fingerprint density at radius 1 is 1.36 bits per heavy atom. The number of aromatic nitrogens is 3. The Morgan fingerprint density at radius 2 is 2.12 bits per heavy atom. The minimum Gasteiger partial charge on any atom is -0.349 e. The monoisotopic (exact) mass is 458 g/mol. The number of rotatable bonds is 4. The summed E-state index contributed by atoms with van der Waals surface area (Å²) in [6.07, 6.45) is 3.77. The second-order valence-electron chi connectivity index (χ2n) is 6.19. The van der Waals surface area contributed by atoms with Gasteiger partial charge in [-0.05, 0) is 36.5 Å². The van der Waals surface area contributed by atoms with Crippen LogP contribution in [0.4, 0.5) is 4.39 Å². The fourth-order valence-electron chi connectivity index (χ4n) is 3.10. The summed E-state index contributed by atoms with van der Waals surface area (Å²) in [5.74, 6) is 2.14. The number of halogens is 2. The summed E-state index contributed by atoms with van der Waals surface area (Å²) >= 11 is 0. The highest BCUT2D eigenvalue weighted by Crippen LogP contribution is 2.21. The van der Waals surface area contributed by atoms with Crippen molar-refractivity contribution in [3.63, 3.8) is 0 Å². The number of nitrogens with one attached hydrogen (secondary N) is 1. The van der Waals surface area contributed by atoms with Crippen LogP contribution in [0.5, 0.6) is 0 Å². The van der Waals surface area contributed by atoms with Crippen LogP contribution in [0.2, 0.25) is 0 Å². The molecule has 8 heteroatoms. The van der Waals surface area contributed by atoms with Crippen LogP contribution < -0.4 is 5.32 Å². The highest BCUT2D eigenvalue weighted by Gasteiger charge is 2.25. The average Bonchev–Trinajstić information content (AvgIpc) is 3.20. The maximum Gasteiger partial charge on any atom is 0.194 e. The molecule has 0 aliphatic carbocycles. The highest BCUT2D eigenvalue weighted by atomic mass is 127. The second-order valence-corrected chi connectivity index (χ2v) is 6.19. The van der Waals surface area contributed by atoms with Crippen LogP contribution in [0.25, 0.3) is 0 Å². The fourth-order valence-corrected chi connectivity index (χ4v) is 3.10. The Labute approximate surface area is 164 Å². The Kier molecular flexibility index (Phi) is 7.15. The van der Waals surface area contributed by atoms with Gasteiger partial charge in [0.25, 0.3) is 0 Å². The van der Waals surface area contributed by atoms with Crippen LogP contribution in [-0.4, -0.2) is 45.8 Å². The van der Waals surface area contributed by atoms with Gasteiger partial charge in [0, 0.05) is 27.2 Å². The van der Waals surface area contributed by atoms with Gasteiger partial charge in [-0.1, -0.05) is 12.1 Å². The van der Waals surface area contributed by atoms with Crippen LogP contribution in [0.15, 0.2) is 35.6 Å². The van der Waals surface area contributed by atoms with Gasteiger partial charge in [-0.25, -0.2) is 4.39 Å². The third-order valence-corrected chi connectivity index (χ3v) is 4.44. The lowest BCUT2D eigenvalue weighted by Gasteiger charge is -2.21. The zero-order valence-electron chi connectivity index (χ0n) is 14.5. The number of guanidine groups is 1. The molecule has 136 valence electrons. The molecule has 1 aromatic carbocycles. The van der Waals surface area contributed by atoms with Crippen molar-refractivity contribution in [2.24, 2.45) is 18.0 Å². The van der Waals surface area contributed by atoms with Crippen molar-refractivity contribution < 1.29 is 4.39 Å². The molecule has 0 bridgehead atoms. The van der Waals surface area contributed by atoms with Gasteiger partial charge in [0.2, 0.25) is 0 Å². The van der Waals surface area contributed by atoms with E-state index in [1.54, 1.807) is 13.4 Å². The molecule has 1 fully saturated rings. The molecule has 0 radical (unpaired) electrons. The molecule has 3 rings (SSSR count). The van der Waals surface area contributed by atoms with E-state index in [-0.39, 0.29) is 29.8 Å². The zero-order chi connectivity index (χ0) is 16.9. The van der Waals surface area contributed by atoms with E-state index in [1.807, 2.05) is 23.7 Å². The van der Waals surface area contributed by atoms with Crippen molar-refractivity contribution in [1.29, 1.82) is 0 Å². The van der Waals surface area contributed by atoms with E-state index in [0.717, 1.165) is 37.7 Å². The Morgan fingerprint density at radius 3 is 2.76 bits per heavy atom. The van der Waals surface area contributed by atoms with Gasteiger partial charge < -0.3 is 14.8 Å². The number of nitrogens with zero attached hydrogens (tertiary/aromatic N) is 5. The van der Waals surface area contributed by atoms with Gasteiger partial charge in [-0.15, -0.1) is 34.2 Å². The SMILES string of the molecule is CN=C(NCc1nncn1C)N1CCC(Cc2ccc(F)cc2)C1.I. The number of aryl methyl sites for hydroxylation is 1. The molecular weight excluding hydrogens is 434 g/mol. The van der Waals surface area contributed by atoms with Gasteiger partial charge >= 0.3 is 0 Å². The smallest absolute Gasteiger partial charge is 0.194 e. The molecular formula is C17H24FIN6. The third kappa shape index (κ3) is 5.13. The molecule has 2 aromatic rings. The van der Waals surface area contributed by atoms with Crippen LogP contribution in [0.1, 0.15) is 17.8 Å².